The molecule has 0 spiro atoms. The van der Waals surface area contributed by atoms with Gasteiger partial charge in [-0.25, -0.2) is 4.79 Å². The largest absolute Gasteiger partial charge is 0.487 e. The van der Waals surface area contributed by atoms with Gasteiger partial charge in [-0.05, 0) is 50.1 Å². The third-order valence-electron chi connectivity index (χ3n) is 6.71. The summed E-state index contributed by atoms with van der Waals surface area (Å²) in [7, 11) is 1.70. The summed E-state index contributed by atoms with van der Waals surface area (Å²) in [4.78, 5) is 41.8. The number of likely N-dealkylation sites (N-methyl/N-ethyl adjacent to an activating group) is 1. The summed E-state index contributed by atoms with van der Waals surface area (Å²) in [5.41, 5.74) is 1.54. The predicted octanol–water partition coefficient (Wildman–Crippen LogP) is 3.42. The molecule has 2 aliphatic rings. The summed E-state index contributed by atoms with van der Waals surface area (Å²) in [5, 5.41) is 15.6. The number of rotatable bonds is 7. The first-order valence-electron chi connectivity index (χ1n) is 12.4. The van der Waals surface area contributed by atoms with Crippen LogP contribution in [-0.4, -0.2) is 71.6 Å². The molecule has 9 heteroatoms. The molecule has 0 saturated heterocycles. The molecule has 0 radical (unpaired) electrons. The van der Waals surface area contributed by atoms with Crippen LogP contribution in [0.25, 0.3) is 0 Å². The lowest BCUT2D eigenvalue weighted by Gasteiger charge is -2.38. The monoisotopic (exact) mass is 494 g/mol. The van der Waals surface area contributed by atoms with Gasteiger partial charge in [0.25, 0.3) is 5.91 Å². The number of aliphatic hydroxyl groups is 1. The van der Waals surface area contributed by atoms with Gasteiger partial charge in [0.05, 0.1) is 24.8 Å². The van der Waals surface area contributed by atoms with Crippen LogP contribution >= 0.6 is 0 Å². The predicted molar refractivity (Wildman–Crippen MR) is 137 cm³/mol. The van der Waals surface area contributed by atoms with Gasteiger partial charge in [-0.1, -0.05) is 25.1 Å². The van der Waals surface area contributed by atoms with Crippen LogP contribution in [0, 0.1) is 11.8 Å². The maximum absolute atomic E-state index is 13.5. The van der Waals surface area contributed by atoms with Crippen molar-refractivity contribution in [2.24, 2.45) is 11.8 Å². The van der Waals surface area contributed by atoms with Crippen molar-refractivity contribution in [2.75, 3.05) is 37.4 Å². The second-order valence-corrected chi connectivity index (χ2v) is 9.77. The zero-order valence-corrected chi connectivity index (χ0v) is 20.9. The van der Waals surface area contributed by atoms with E-state index in [0.29, 0.717) is 29.2 Å². The van der Waals surface area contributed by atoms with Crippen LogP contribution in [-0.2, 0) is 4.79 Å². The van der Waals surface area contributed by atoms with E-state index in [-0.39, 0.29) is 42.8 Å². The molecule has 192 valence electrons. The molecule has 1 heterocycles. The Morgan fingerprint density at radius 3 is 2.53 bits per heavy atom. The number of hydrogen-bond acceptors (Lipinski definition) is 5. The minimum Gasteiger partial charge on any atom is -0.487 e. The Kier molecular flexibility index (Phi) is 7.79. The van der Waals surface area contributed by atoms with Crippen molar-refractivity contribution in [1.29, 1.82) is 0 Å². The van der Waals surface area contributed by atoms with Crippen LogP contribution in [0.3, 0.4) is 0 Å². The average Bonchev–Trinajstić information content (AvgIpc) is 3.72. The van der Waals surface area contributed by atoms with Crippen molar-refractivity contribution in [1.82, 2.24) is 9.80 Å². The van der Waals surface area contributed by atoms with Gasteiger partial charge in [0.2, 0.25) is 5.91 Å². The normalized spacial score (nSPS) is 20.3. The molecule has 3 N–H and O–H groups in total. The molecule has 4 rings (SSSR count). The Hall–Kier alpha value is -3.59. The Balaban J connectivity index is 1.57. The lowest BCUT2D eigenvalue weighted by molar-refractivity contribution is -0.117. The number of hydrogen-bond donors (Lipinski definition) is 3. The van der Waals surface area contributed by atoms with Crippen LogP contribution in [0.5, 0.6) is 5.75 Å². The van der Waals surface area contributed by atoms with E-state index < -0.39 is 12.1 Å². The van der Waals surface area contributed by atoms with E-state index in [2.05, 4.69) is 10.6 Å². The molecule has 2 aromatic carbocycles. The first-order valence-corrected chi connectivity index (χ1v) is 12.4. The highest BCUT2D eigenvalue weighted by atomic mass is 16.5. The highest BCUT2D eigenvalue weighted by molar-refractivity contribution is 6.00. The van der Waals surface area contributed by atoms with Gasteiger partial charge in [-0.3, -0.25) is 9.59 Å². The quantitative estimate of drug-likeness (QED) is 0.546. The van der Waals surface area contributed by atoms with Crippen molar-refractivity contribution >= 4 is 29.2 Å². The molecule has 3 atom stereocenters. The average molecular weight is 495 g/mol. The van der Waals surface area contributed by atoms with Gasteiger partial charge >= 0.3 is 6.03 Å². The summed E-state index contributed by atoms with van der Waals surface area (Å²) < 4.78 is 6.33. The van der Waals surface area contributed by atoms with Crippen molar-refractivity contribution in [3.05, 3.63) is 54.1 Å². The third kappa shape index (κ3) is 5.96. The summed E-state index contributed by atoms with van der Waals surface area (Å²) in [6.45, 7) is 4.20. The molecule has 1 aliphatic carbocycles. The summed E-state index contributed by atoms with van der Waals surface area (Å²) in [5.74, 6) is -0.0280. The Morgan fingerprint density at radius 2 is 1.86 bits per heavy atom. The maximum atomic E-state index is 13.5. The van der Waals surface area contributed by atoms with E-state index in [4.69, 9.17) is 4.74 Å². The van der Waals surface area contributed by atoms with Gasteiger partial charge in [-0.15, -0.1) is 0 Å². The topological polar surface area (TPSA) is 111 Å². The molecule has 1 fully saturated rings. The standard InChI is InChI=1S/C27H34N4O5/c1-17-14-31(18(2)16-32)26(34)22-13-21(28-25(33)19-9-10-19)11-12-23(22)36-24(17)15-30(3)27(35)29-20-7-5-4-6-8-20/h4-8,11-13,17-19,24,32H,9-10,14-16H2,1-3H3,(H,28,33)(H,29,35)/t17-,18-,24+/m0/s1. The minimum absolute atomic E-state index is 0.0349. The summed E-state index contributed by atoms with van der Waals surface area (Å²) in [6, 6.07) is 13.6. The Labute approximate surface area is 211 Å². The molecule has 1 aliphatic heterocycles. The Morgan fingerprint density at radius 1 is 1.14 bits per heavy atom. The zero-order valence-electron chi connectivity index (χ0n) is 20.9. The molecule has 1 saturated carbocycles. The number of urea groups is 1. The van der Waals surface area contributed by atoms with Crippen LogP contribution in [0.2, 0.25) is 0 Å². The van der Waals surface area contributed by atoms with E-state index in [0.717, 1.165) is 12.8 Å². The second-order valence-electron chi connectivity index (χ2n) is 9.77. The smallest absolute Gasteiger partial charge is 0.321 e. The van der Waals surface area contributed by atoms with Gasteiger partial charge in [-0.2, -0.15) is 0 Å². The highest BCUT2D eigenvalue weighted by Gasteiger charge is 2.35. The number of nitrogens with zero attached hydrogens (tertiary/aromatic N) is 2. The fourth-order valence-corrected chi connectivity index (χ4v) is 4.20. The van der Waals surface area contributed by atoms with E-state index in [1.807, 2.05) is 37.3 Å². The van der Waals surface area contributed by atoms with Crippen molar-refractivity contribution in [3.8, 4) is 5.75 Å². The number of amides is 4. The number of carbonyl (C=O) groups is 3. The number of aliphatic hydroxyl groups excluding tert-OH is 1. The van der Waals surface area contributed by atoms with Gasteiger partial charge < -0.3 is 30.3 Å². The van der Waals surface area contributed by atoms with Crippen LogP contribution in [0.15, 0.2) is 48.5 Å². The van der Waals surface area contributed by atoms with Gasteiger partial charge in [0.15, 0.2) is 0 Å². The third-order valence-corrected chi connectivity index (χ3v) is 6.71. The first kappa shape index (κ1) is 25.5. The van der Waals surface area contributed by atoms with Crippen molar-refractivity contribution < 1.29 is 24.2 Å². The van der Waals surface area contributed by atoms with Gasteiger partial charge in [0.1, 0.15) is 11.9 Å². The van der Waals surface area contributed by atoms with E-state index >= 15 is 0 Å². The maximum Gasteiger partial charge on any atom is 0.321 e. The SMILES string of the molecule is C[C@H]1CN([C@@H](C)CO)C(=O)c2cc(NC(=O)C3CC3)ccc2O[C@@H]1CN(C)C(=O)Nc1ccccc1. The lowest BCUT2D eigenvalue weighted by atomic mass is 9.99. The minimum atomic E-state index is -0.413. The fraction of sp³-hybridized carbons (Fsp3) is 0.444. The highest BCUT2D eigenvalue weighted by Crippen LogP contribution is 2.33. The number of anilines is 2. The molecule has 2 aromatic rings. The molecule has 0 unspecified atom stereocenters. The van der Waals surface area contributed by atoms with Crippen LogP contribution in [0.4, 0.5) is 16.2 Å². The van der Waals surface area contributed by atoms with E-state index in [1.165, 1.54) is 0 Å². The lowest BCUT2D eigenvalue weighted by Crippen LogP contribution is -2.50. The number of ether oxygens (including phenoxy) is 1. The molecular formula is C27H34N4O5. The summed E-state index contributed by atoms with van der Waals surface area (Å²) in [6.07, 6.45) is 1.35. The molecular weight excluding hydrogens is 460 g/mol. The number of nitrogens with one attached hydrogen (secondary N) is 2. The number of fused-ring (bicyclic) bond motifs is 1. The zero-order chi connectivity index (χ0) is 25.8. The van der Waals surface area contributed by atoms with Crippen LogP contribution in [0.1, 0.15) is 37.0 Å². The number of benzene rings is 2. The molecule has 4 amide bonds. The number of para-hydroxylation sites is 1. The number of carbonyl (C=O) groups excluding carboxylic acids is 3. The molecule has 0 aromatic heterocycles. The Bertz CT molecular complexity index is 1100. The first-order chi connectivity index (χ1) is 17.3. The molecule has 0 bridgehead atoms. The molecule has 9 nitrogen and oxygen atoms in total. The van der Waals surface area contributed by atoms with Crippen molar-refractivity contribution in [3.63, 3.8) is 0 Å². The van der Waals surface area contributed by atoms with E-state index in [1.54, 1.807) is 42.0 Å². The molecule has 36 heavy (non-hydrogen) atoms. The van der Waals surface area contributed by atoms with Crippen molar-refractivity contribution in [2.45, 2.75) is 38.8 Å². The van der Waals surface area contributed by atoms with Gasteiger partial charge in [0, 0.05) is 36.8 Å². The van der Waals surface area contributed by atoms with Crippen LogP contribution < -0.4 is 15.4 Å². The summed E-state index contributed by atoms with van der Waals surface area (Å²) >= 11 is 0. The van der Waals surface area contributed by atoms with E-state index in [9.17, 15) is 19.5 Å². The second kappa shape index (κ2) is 11.0. The fourth-order valence-electron chi connectivity index (χ4n) is 4.20.